The summed E-state index contributed by atoms with van der Waals surface area (Å²) in [6, 6.07) is 11.5. The molecule has 6 heteroatoms. The molecule has 0 radical (unpaired) electrons. The highest BCUT2D eigenvalue weighted by atomic mass is 16.5. The van der Waals surface area contributed by atoms with Gasteiger partial charge in [0.2, 0.25) is 5.75 Å². The zero-order valence-corrected chi connectivity index (χ0v) is 18.9. The number of likely N-dealkylation sites (tertiary alicyclic amines) is 1. The summed E-state index contributed by atoms with van der Waals surface area (Å²) in [6.45, 7) is 10.4. The van der Waals surface area contributed by atoms with Crippen LogP contribution in [0.2, 0.25) is 0 Å². The van der Waals surface area contributed by atoms with Crippen molar-refractivity contribution in [3.8, 4) is 17.2 Å². The van der Waals surface area contributed by atoms with E-state index in [-0.39, 0.29) is 5.91 Å². The van der Waals surface area contributed by atoms with E-state index in [9.17, 15) is 4.79 Å². The second-order valence-corrected chi connectivity index (χ2v) is 7.59. The Labute approximate surface area is 185 Å². The van der Waals surface area contributed by atoms with E-state index in [0.29, 0.717) is 42.6 Å². The van der Waals surface area contributed by atoms with Crippen molar-refractivity contribution in [1.82, 2.24) is 4.90 Å². The Kier molecular flexibility index (Phi) is 8.59. The second-order valence-electron chi connectivity index (χ2n) is 7.59. The topological polar surface area (TPSA) is 60.0 Å². The molecule has 0 atom stereocenters. The number of rotatable bonds is 10. The molecule has 6 nitrogen and oxygen atoms in total. The van der Waals surface area contributed by atoms with Crippen LogP contribution in [0.4, 0.5) is 5.69 Å². The number of hydrogen-bond donors (Lipinski definition) is 1. The van der Waals surface area contributed by atoms with Crippen LogP contribution in [0.3, 0.4) is 0 Å². The molecule has 1 saturated heterocycles. The maximum atomic E-state index is 12.9. The summed E-state index contributed by atoms with van der Waals surface area (Å²) in [5.74, 6) is 1.34. The van der Waals surface area contributed by atoms with Gasteiger partial charge in [-0.15, -0.1) is 0 Å². The fourth-order valence-corrected chi connectivity index (χ4v) is 3.79. The third kappa shape index (κ3) is 6.37. The van der Waals surface area contributed by atoms with Gasteiger partial charge in [0, 0.05) is 17.8 Å². The van der Waals surface area contributed by atoms with E-state index in [4.69, 9.17) is 14.2 Å². The predicted molar refractivity (Wildman–Crippen MR) is 123 cm³/mol. The highest BCUT2D eigenvalue weighted by molar-refractivity contribution is 6.05. The number of anilines is 1. The van der Waals surface area contributed by atoms with Crippen molar-refractivity contribution in [1.29, 1.82) is 0 Å². The lowest BCUT2D eigenvalue weighted by atomic mass is 10.1. The quantitative estimate of drug-likeness (QED) is 0.571. The number of benzene rings is 2. The standard InChI is InChI=1S/C25H34N2O4/c1-4-29-22-16-20(17-23(30-5-2)24(22)31-6-3)25(28)26-21-12-10-19(11-13-21)18-27-14-8-7-9-15-27/h10-13,16-17H,4-9,14-15,18H2,1-3H3,(H,26,28). The molecular weight excluding hydrogens is 392 g/mol. The first kappa shape index (κ1) is 22.9. The lowest BCUT2D eigenvalue weighted by Gasteiger charge is -2.26. The molecule has 2 aromatic rings. The Balaban J connectivity index is 1.72. The molecule has 0 aromatic heterocycles. The van der Waals surface area contributed by atoms with Gasteiger partial charge < -0.3 is 19.5 Å². The van der Waals surface area contributed by atoms with Gasteiger partial charge >= 0.3 is 0 Å². The highest BCUT2D eigenvalue weighted by Gasteiger charge is 2.18. The van der Waals surface area contributed by atoms with Crippen LogP contribution in [-0.4, -0.2) is 43.7 Å². The molecule has 0 unspecified atom stereocenters. The minimum absolute atomic E-state index is 0.214. The van der Waals surface area contributed by atoms with Crippen LogP contribution in [0.5, 0.6) is 17.2 Å². The van der Waals surface area contributed by atoms with E-state index in [1.807, 2.05) is 32.9 Å². The van der Waals surface area contributed by atoms with Gasteiger partial charge in [-0.25, -0.2) is 0 Å². The molecule has 2 aromatic carbocycles. The van der Waals surface area contributed by atoms with Gasteiger partial charge in [0.05, 0.1) is 19.8 Å². The van der Waals surface area contributed by atoms with E-state index < -0.39 is 0 Å². The van der Waals surface area contributed by atoms with Gasteiger partial charge in [-0.05, 0) is 76.5 Å². The summed E-state index contributed by atoms with van der Waals surface area (Å²) in [4.78, 5) is 15.4. The van der Waals surface area contributed by atoms with E-state index >= 15 is 0 Å². The fraction of sp³-hybridized carbons (Fsp3) is 0.480. The molecule has 0 bridgehead atoms. The van der Waals surface area contributed by atoms with Crippen molar-refractivity contribution < 1.29 is 19.0 Å². The Morgan fingerprint density at radius 1 is 0.871 bits per heavy atom. The average Bonchev–Trinajstić information content (AvgIpc) is 2.78. The van der Waals surface area contributed by atoms with Crippen LogP contribution >= 0.6 is 0 Å². The lowest BCUT2D eigenvalue weighted by molar-refractivity contribution is 0.102. The van der Waals surface area contributed by atoms with E-state index in [2.05, 4.69) is 22.3 Å². The molecule has 0 saturated carbocycles. The number of hydrogen-bond acceptors (Lipinski definition) is 5. The Hall–Kier alpha value is -2.73. The Morgan fingerprint density at radius 3 is 2.00 bits per heavy atom. The van der Waals surface area contributed by atoms with Crippen LogP contribution < -0.4 is 19.5 Å². The molecule has 1 heterocycles. The molecule has 1 fully saturated rings. The van der Waals surface area contributed by atoms with Crippen molar-refractivity contribution in [2.75, 3.05) is 38.2 Å². The van der Waals surface area contributed by atoms with Gasteiger partial charge in [0.1, 0.15) is 0 Å². The SMILES string of the molecule is CCOc1cc(C(=O)Nc2ccc(CN3CCCCC3)cc2)cc(OCC)c1OCC. The van der Waals surface area contributed by atoms with Crippen LogP contribution in [0.1, 0.15) is 56.0 Å². The second kappa shape index (κ2) is 11.6. The molecule has 168 valence electrons. The van der Waals surface area contributed by atoms with Crippen molar-refractivity contribution in [2.24, 2.45) is 0 Å². The molecule has 1 aliphatic rings. The number of amides is 1. The van der Waals surface area contributed by atoms with Gasteiger partial charge in [-0.1, -0.05) is 18.6 Å². The van der Waals surface area contributed by atoms with Crippen LogP contribution in [0, 0.1) is 0 Å². The zero-order chi connectivity index (χ0) is 22.1. The maximum absolute atomic E-state index is 12.9. The third-order valence-corrected chi connectivity index (χ3v) is 5.24. The van der Waals surface area contributed by atoms with Crippen molar-refractivity contribution in [3.05, 3.63) is 47.5 Å². The van der Waals surface area contributed by atoms with Gasteiger partial charge in [-0.2, -0.15) is 0 Å². The molecular formula is C25H34N2O4. The van der Waals surface area contributed by atoms with Crippen LogP contribution in [0.25, 0.3) is 0 Å². The molecule has 1 aliphatic heterocycles. The van der Waals surface area contributed by atoms with E-state index in [0.717, 1.165) is 12.2 Å². The zero-order valence-electron chi connectivity index (χ0n) is 18.9. The summed E-state index contributed by atoms with van der Waals surface area (Å²) in [5.41, 5.74) is 2.49. The number of carbonyl (C=O) groups is 1. The third-order valence-electron chi connectivity index (χ3n) is 5.24. The first-order valence-electron chi connectivity index (χ1n) is 11.3. The van der Waals surface area contributed by atoms with E-state index in [1.54, 1.807) is 12.1 Å². The fourth-order valence-electron chi connectivity index (χ4n) is 3.79. The van der Waals surface area contributed by atoms with Gasteiger partial charge in [-0.3, -0.25) is 9.69 Å². The molecule has 1 N–H and O–H groups in total. The molecule has 3 rings (SSSR count). The number of piperidine rings is 1. The van der Waals surface area contributed by atoms with Gasteiger partial charge in [0.15, 0.2) is 11.5 Å². The first-order chi connectivity index (χ1) is 15.1. The first-order valence-corrected chi connectivity index (χ1v) is 11.3. The Morgan fingerprint density at radius 2 is 1.45 bits per heavy atom. The highest BCUT2D eigenvalue weighted by Crippen LogP contribution is 2.39. The molecule has 0 aliphatic carbocycles. The largest absolute Gasteiger partial charge is 0.490 e. The number of ether oxygens (including phenoxy) is 3. The van der Waals surface area contributed by atoms with Crippen molar-refractivity contribution >= 4 is 11.6 Å². The maximum Gasteiger partial charge on any atom is 0.255 e. The van der Waals surface area contributed by atoms with Gasteiger partial charge in [0.25, 0.3) is 5.91 Å². The van der Waals surface area contributed by atoms with Crippen LogP contribution in [0.15, 0.2) is 36.4 Å². The minimum atomic E-state index is -0.214. The predicted octanol–water partition coefficient (Wildman–Crippen LogP) is 5.12. The molecule has 0 spiro atoms. The molecule has 1 amide bonds. The normalized spacial score (nSPS) is 14.2. The Bertz CT molecular complexity index is 818. The van der Waals surface area contributed by atoms with Crippen LogP contribution in [-0.2, 0) is 6.54 Å². The smallest absolute Gasteiger partial charge is 0.255 e. The summed E-state index contributed by atoms with van der Waals surface area (Å²) < 4.78 is 17.1. The lowest BCUT2D eigenvalue weighted by Crippen LogP contribution is -2.29. The number of nitrogens with one attached hydrogen (secondary N) is 1. The van der Waals surface area contributed by atoms with Crippen molar-refractivity contribution in [3.63, 3.8) is 0 Å². The summed E-state index contributed by atoms with van der Waals surface area (Å²) in [7, 11) is 0. The molecule has 31 heavy (non-hydrogen) atoms. The minimum Gasteiger partial charge on any atom is -0.490 e. The monoisotopic (exact) mass is 426 g/mol. The number of nitrogens with zero attached hydrogens (tertiary/aromatic N) is 1. The summed E-state index contributed by atoms with van der Waals surface area (Å²) >= 11 is 0. The van der Waals surface area contributed by atoms with E-state index in [1.165, 1.54) is 37.9 Å². The summed E-state index contributed by atoms with van der Waals surface area (Å²) in [6.07, 6.45) is 3.90. The summed E-state index contributed by atoms with van der Waals surface area (Å²) in [5, 5.41) is 2.97. The number of carbonyl (C=O) groups excluding carboxylic acids is 1. The van der Waals surface area contributed by atoms with Crippen molar-refractivity contribution in [2.45, 2.75) is 46.6 Å². The average molecular weight is 427 g/mol.